The fourth-order valence-electron chi connectivity index (χ4n) is 2.05. The van der Waals surface area contributed by atoms with Gasteiger partial charge in [-0.2, -0.15) is 13.2 Å². The number of aromatic nitrogens is 1. The molecule has 3 rings (SSSR count). The number of hydrogen-bond acceptors (Lipinski definition) is 3. The third-order valence-electron chi connectivity index (χ3n) is 3.39. The minimum Gasteiger partial charge on any atom is -0.381 e. The van der Waals surface area contributed by atoms with Crippen LogP contribution in [-0.2, 0) is 6.18 Å². The van der Waals surface area contributed by atoms with Crippen LogP contribution in [0, 0.1) is 0 Å². The Balaban J connectivity index is 1.68. The van der Waals surface area contributed by atoms with Gasteiger partial charge in [0.2, 0.25) is 0 Å². The molecule has 7 heteroatoms. The lowest BCUT2D eigenvalue weighted by atomic mass is 10.2. The minimum atomic E-state index is -4.45. The lowest BCUT2D eigenvalue weighted by molar-refractivity contribution is -0.137. The van der Waals surface area contributed by atoms with Crippen molar-refractivity contribution in [2.75, 3.05) is 10.6 Å². The molecule has 1 aliphatic rings. The van der Waals surface area contributed by atoms with E-state index in [9.17, 15) is 18.0 Å². The summed E-state index contributed by atoms with van der Waals surface area (Å²) in [7, 11) is 0. The molecule has 1 amide bonds. The first-order chi connectivity index (χ1) is 10.9. The van der Waals surface area contributed by atoms with E-state index < -0.39 is 17.6 Å². The quantitative estimate of drug-likeness (QED) is 0.897. The van der Waals surface area contributed by atoms with Gasteiger partial charge in [-0.3, -0.25) is 4.79 Å². The normalized spacial score (nSPS) is 14.4. The SMILES string of the molecule is O=C(Nc1cccc(C(F)(F)F)c1)c1ccc(NC2CC2)cn1. The average molecular weight is 321 g/mol. The number of amides is 1. The Bertz CT molecular complexity index is 709. The maximum Gasteiger partial charge on any atom is 0.416 e. The molecule has 2 aromatic rings. The second-order valence-corrected chi connectivity index (χ2v) is 5.38. The van der Waals surface area contributed by atoms with Crippen molar-refractivity contribution in [3.05, 3.63) is 53.9 Å². The zero-order valence-electron chi connectivity index (χ0n) is 12.0. The zero-order valence-corrected chi connectivity index (χ0v) is 12.0. The fraction of sp³-hybridized carbons (Fsp3) is 0.250. The highest BCUT2D eigenvalue weighted by Gasteiger charge is 2.30. The molecule has 120 valence electrons. The molecule has 1 aromatic carbocycles. The number of nitrogens with zero attached hydrogens (tertiary/aromatic N) is 1. The van der Waals surface area contributed by atoms with E-state index in [0.717, 1.165) is 30.7 Å². The fourth-order valence-corrected chi connectivity index (χ4v) is 2.05. The Kier molecular flexibility index (Phi) is 3.94. The molecule has 2 N–H and O–H groups in total. The molecule has 23 heavy (non-hydrogen) atoms. The molecule has 0 bridgehead atoms. The number of alkyl halides is 3. The number of nitrogens with one attached hydrogen (secondary N) is 2. The molecule has 0 atom stereocenters. The molecule has 4 nitrogen and oxygen atoms in total. The number of carbonyl (C=O) groups is 1. The molecule has 1 saturated carbocycles. The van der Waals surface area contributed by atoms with E-state index in [1.165, 1.54) is 18.2 Å². The van der Waals surface area contributed by atoms with Gasteiger partial charge < -0.3 is 10.6 Å². The van der Waals surface area contributed by atoms with Crippen LogP contribution in [0.3, 0.4) is 0 Å². The number of rotatable bonds is 4. The van der Waals surface area contributed by atoms with Crippen LogP contribution in [0.4, 0.5) is 24.5 Å². The maximum atomic E-state index is 12.6. The van der Waals surface area contributed by atoms with Gasteiger partial charge in [0.1, 0.15) is 5.69 Å². The lowest BCUT2D eigenvalue weighted by Crippen LogP contribution is -2.14. The number of halogens is 3. The van der Waals surface area contributed by atoms with Crippen LogP contribution in [-0.4, -0.2) is 16.9 Å². The molecule has 1 aromatic heterocycles. The first-order valence-electron chi connectivity index (χ1n) is 7.13. The van der Waals surface area contributed by atoms with Gasteiger partial charge in [-0.1, -0.05) is 6.07 Å². The van der Waals surface area contributed by atoms with Crippen LogP contribution < -0.4 is 10.6 Å². The number of pyridine rings is 1. The van der Waals surface area contributed by atoms with Gasteiger partial charge in [0.05, 0.1) is 17.4 Å². The largest absolute Gasteiger partial charge is 0.416 e. The topological polar surface area (TPSA) is 54.0 Å². The van der Waals surface area contributed by atoms with E-state index in [1.807, 2.05) is 0 Å². The van der Waals surface area contributed by atoms with Gasteiger partial charge >= 0.3 is 6.18 Å². The third kappa shape index (κ3) is 4.00. The van der Waals surface area contributed by atoms with Crippen LogP contribution in [0.15, 0.2) is 42.6 Å². The summed E-state index contributed by atoms with van der Waals surface area (Å²) in [6.45, 7) is 0. The van der Waals surface area contributed by atoms with Crippen molar-refractivity contribution in [3.63, 3.8) is 0 Å². The van der Waals surface area contributed by atoms with Gasteiger partial charge in [0, 0.05) is 11.7 Å². The molecule has 0 saturated heterocycles. The Morgan fingerprint density at radius 2 is 1.91 bits per heavy atom. The summed E-state index contributed by atoms with van der Waals surface area (Å²) >= 11 is 0. The zero-order chi connectivity index (χ0) is 16.4. The second-order valence-electron chi connectivity index (χ2n) is 5.38. The third-order valence-corrected chi connectivity index (χ3v) is 3.39. The van der Waals surface area contributed by atoms with Gasteiger partial charge in [-0.05, 0) is 43.2 Å². The number of carbonyl (C=O) groups excluding carboxylic acids is 1. The van der Waals surface area contributed by atoms with Crippen LogP contribution in [0.2, 0.25) is 0 Å². The van der Waals surface area contributed by atoms with Crippen molar-refractivity contribution in [1.82, 2.24) is 4.98 Å². The van der Waals surface area contributed by atoms with Gasteiger partial charge in [-0.25, -0.2) is 4.98 Å². The van der Waals surface area contributed by atoms with Crippen molar-refractivity contribution < 1.29 is 18.0 Å². The monoisotopic (exact) mass is 321 g/mol. The van der Waals surface area contributed by atoms with Crippen LogP contribution >= 0.6 is 0 Å². The van der Waals surface area contributed by atoms with E-state index >= 15 is 0 Å². The van der Waals surface area contributed by atoms with E-state index in [4.69, 9.17) is 0 Å². The highest BCUT2D eigenvalue weighted by Crippen LogP contribution is 2.30. The molecule has 0 aliphatic heterocycles. The van der Waals surface area contributed by atoms with E-state index in [0.29, 0.717) is 6.04 Å². The first-order valence-corrected chi connectivity index (χ1v) is 7.13. The number of benzene rings is 1. The Morgan fingerprint density at radius 1 is 1.13 bits per heavy atom. The predicted octanol–water partition coefficient (Wildman–Crippen LogP) is 3.93. The molecule has 1 heterocycles. The van der Waals surface area contributed by atoms with Crippen molar-refractivity contribution in [1.29, 1.82) is 0 Å². The summed E-state index contributed by atoms with van der Waals surface area (Å²) < 4.78 is 37.9. The molecular formula is C16H14F3N3O. The highest BCUT2D eigenvalue weighted by atomic mass is 19.4. The highest BCUT2D eigenvalue weighted by molar-refractivity contribution is 6.03. The maximum absolute atomic E-state index is 12.6. The van der Waals surface area contributed by atoms with E-state index in [2.05, 4.69) is 15.6 Å². The second kappa shape index (κ2) is 5.91. The Hall–Kier alpha value is -2.57. The number of hydrogen-bond donors (Lipinski definition) is 2. The summed E-state index contributed by atoms with van der Waals surface area (Å²) in [6, 6.07) is 8.22. The summed E-state index contributed by atoms with van der Waals surface area (Å²) in [6.07, 6.45) is -0.663. The molecule has 1 fully saturated rings. The number of anilines is 2. The van der Waals surface area contributed by atoms with E-state index in [1.54, 1.807) is 12.3 Å². The van der Waals surface area contributed by atoms with Crippen molar-refractivity contribution in [2.45, 2.75) is 25.1 Å². The Labute approximate surface area is 130 Å². The van der Waals surface area contributed by atoms with Crippen LogP contribution in [0.25, 0.3) is 0 Å². The molecule has 0 unspecified atom stereocenters. The van der Waals surface area contributed by atoms with Gasteiger partial charge in [-0.15, -0.1) is 0 Å². The van der Waals surface area contributed by atoms with E-state index in [-0.39, 0.29) is 11.4 Å². The molecule has 0 spiro atoms. The summed E-state index contributed by atoms with van der Waals surface area (Å²) in [4.78, 5) is 16.1. The van der Waals surface area contributed by atoms with Crippen LogP contribution in [0.1, 0.15) is 28.9 Å². The van der Waals surface area contributed by atoms with Crippen molar-refractivity contribution in [3.8, 4) is 0 Å². The smallest absolute Gasteiger partial charge is 0.381 e. The molecule has 1 aliphatic carbocycles. The van der Waals surface area contributed by atoms with Crippen LogP contribution in [0.5, 0.6) is 0 Å². The first kappa shape index (κ1) is 15.3. The Morgan fingerprint density at radius 3 is 2.52 bits per heavy atom. The average Bonchev–Trinajstić information content (AvgIpc) is 3.31. The van der Waals surface area contributed by atoms with Gasteiger partial charge in [0.15, 0.2) is 0 Å². The summed E-state index contributed by atoms with van der Waals surface area (Å²) in [5.41, 5.74) is 0.228. The molecule has 0 radical (unpaired) electrons. The standard InChI is InChI=1S/C16H14F3N3O/c17-16(18,19)10-2-1-3-12(8-10)22-15(23)14-7-6-13(9-20-14)21-11-4-5-11/h1-3,6-9,11,21H,4-5H2,(H,22,23). The van der Waals surface area contributed by atoms with Crippen molar-refractivity contribution >= 4 is 17.3 Å². The summed E-state index contributed by atoms with van der Waals surface area (Å²) in [5, 5.41) is 5.66. The molecular weight excluding hydrogens is 307 g/mol. The van der Waals surface area contributed by atoms with Gasteiger partial charge in [0.25, 0.3) is 5.91 Å². The minimum absolute atomic E-state index is 0.0757. The lowest BCUT2D eigenvalue weighted by Gasteiger charge is -2.10. The summed E-state index contributed by atoms with van der Waals surface area (Å²) in [5.74, 6) is -0.553. The predicted molar refractivity (Wildman–Crippen MR) is 80.3 cm³/mol. The van der Waals surface area contributed by atoms with Crippen molar-refractivity contribution in [2.24, 2.45) is 0 Å².